The van der Waals surface area contributed by atoms with Crippen LogP contribution in [-0.2, 0) is 0 Å². The largest absolute Gasteiger partial charge is 0.496 e. The number of para-hydroxylation sites is 1. The van der Waals surface area contributed by atoms with Crippen LogP contribution in [0.1, 0.15) is 41.5 Å². The molecule has 0 spiro atoms. The summed E-state index contributed by atoms with van der Waals surface area (Å²) in [6.07, 6.45) is 6.78. The Morgan fingerprint density at radius 1 is 1.17 bits per heavy atom. The lowest BCUT2D eigenvalue weighted by molar-refractivity contribution is 0.0599. The van der Waals surface area contributed by atoms with Gasteiger partial charge in [0, 0.05) is 29.9 Å². The average molecular weight is 419 g/mol. The number of piperidine rings is 1. The van der Waals surface area contributed by atoms with Crippen molar-refractivity contribution in [1.29, 1.82) is 0 Å². The quantitative estimate of drug-likeness (QED) is 0.476. The molecule has 1 aliphatic rings. The normalized spacial score (nSPS) is 16.7. The van der Waals surface area contributed by atoms with Gasteiger partial charge in [-0.25, -0.2) is 4.98 Å². The number of thiazole rings is 1. The van der Waals surface area contributed by atoms with Crippen molar-refractivity contribution in [2.45, 2.75) is 25.3 Å². The van der Waals surface area contributed by atoms with E-state index in [1.54, 1.807) is 13.3 Å². The molecule has 1 fully saturated rings. The zero-order valence-corrected chi connectivity index (χ0v) is 17.5. The highest BCUT2D eigenvalue weighted by atomic mass is 32.1. The van der Waals surface area contributed by atoms with Crippen LogP contribution in [0.2, 0.25) is 0 Å². The molecular weight excluding hydrogens is 396 g/mol. The van der Waals surface area contributed by atoms with Crippen molar-refractivity contribution < 1.29 is 9.53 Å². The van der Waals surface area contributed by atoms with E-state index < -0.39 is 0 Å². The fourth-order valence-corrected chi connectivity index (χ4v) is 4.97. The molecule has 1 atom stereocenters. The molecular formula is C23H22N4O2S. The summed E-state index contributed by atoms with van der Waals surface area (Å²) in [7, 11) is 1.65. The van der Waals surface area contributed by atoms with Crippen LogP contribution in [-0.4, -0.2) is 38.8 Å². The van der Waals surface area contributed by atoms with E-state index in [1.165, 1.54) is 11.3 Å². The second-order valence-electron chi connectivity index (χ2n) is 7.36. The minimum atomic E-state index is 0.0135. The van der Waals surface area contributed by atoms with Crippen LogP contribution < -0.4 is 4.74 Å². The molecule has 0 unspecified atom stereocenters. The van der Waals surface area contributed by atoms with Crippen LogP contribution in [0.25, 0.3) is 16.2 Å². The molecule has 0 radical (unpaired) electrons. The van der Waals surface area contributed by atoms with Crippen molar-refractivity contribution in [3.63, 3.8) is 0 Å². The maximum absolute atomic E-state index is 13.6. The second kappa shape index (κ2) is 7.91. The summed E-state index contributed by atoms with van der Waals surface area (Å²) in [6.45, 7) is 0.742. The number of carbonyl (C=O) groups excluding carboxylic acids is 1. The minimum Gasteiger partial charge on any atom is -0.496 e. The number of rotatable bonds is 4. The summed E-state index contributed by atoms with van der Waals surface area (Å²) < 4.78 is 7.38. The van der Waals surface area contributed by atoms with E-state index in [0.29, 0.717) is 5.69 Å². The lowest BCUT2D eigenvalue weighted by Crippen LogP contribution is -2.39. The van der Waals surface area contributed by atoms with Gasteiger partial charge in [-0.05, 0) is 43.5 Å². The highest BCUT2D eigenvalue weighted by Gasteiger charge is 2.31. The maximum Gasteiger partial charge on any atom is 0.272 e. The number of carbonyl (C=O) groups is 1. The van der Waals surface area contributed by atoms with Crippen LogP contribution >= 0.6 is 11.3 Å². The Balaban J connectivity index is 1.51. The number of hydrogen-bond acceptors (Lipinski definition) is 5. The Labute approximate surface area is 178 Å². The van der Waals surface area contributed by atoms with Crippen LogP contribution in [0, 0.1) is 0 Å². The Morgan fingerprint density at radius 3 is 2.87 bits per heavy atom. The molecule has 30 heavy (non-hydrogen) atoms. The van der Waals surface area contributed by atoms with Gasteiger partial charge in [0.2, 0.25) is 0 Å². The number of methoxy groups -OCH3 is 1. The monoisotopic (exact) mass is 418 g/mol. The number of nitrogens with zero attached hydrogens (tertiary/aromatic N) is 4. The van der Waals surface area contributed by atoms with Gasteiger partial charge >= 0.3 is 0 Å². The molecule has 6 nitrogen and oxygen atoms in total. The van der Waals surface area contributed by atoms with Gasteiger partial charge < -0.3 is 9.64 Å². The number of hydrogen-bond donors (Lipinski definition) is 0. The van der Waals surface area contributed by atoms with Gasteiger partial charge in [-0.1, -0.05) is 18.2 Å². The molecule has 152 valence electrons. The first-order chi connectivity index (χ1) is 14.8. The first-order valence-corrected chi connectivity index (χ1v) is 11.0. The SMILES string of the molecule is COc1ccccc1-c1cn2c(C(=O)N3CCCC[C@H]3c3ccccn3)csc2n1. The molecule has 0 bridgehead atoms. The molecule has 4 heterocycles. The molecule has 0 aliphatic carbocycles. The van der Waals surface area contributed by atoms with E-state index in [-0.39, 0.29) is 11.9 Å². The number of aromatic nitrogens is 3. The molecule has 3 aromatic heterocycles. The number of benzene rings is 1. The summed E-state index contributed by atoms with van der Waals surface area (Å²) in [6, 6.07) is 13.7. The number of imidazole rings is 1. The van der Waals surface area contributed by atoms with Gasteiger partial charge in [0.15, 0.2) is 4.96 Å². The minimum absolute atomic E-state index is 0.0135. The Morgan fingerprint density at radius 2 is 2.03 bits per heavy atom. The highest BCUT2D eigenvalue weighted by molar-refractivity contribution is 7.15. The van der Waals surface area contributed by atoms with E-state index >= 15 is 0 Å². The van der Waals surface area contributed by atoms with Crippen molar-refractivity contribution in [1.82, 2.24) is 19.3 Å². The first kappa shape index (κ1) is 18.8. The number of pyridine rings is 1. The molecule has 1 aliphatic heterocycles. The van der Waals surface area contributed by atoms with Crippen molar-refractivity contribution in [2.75, 3.05) is 13.7 Å². The highest BCUT2D eigenvalue weighted by Crippen LogP contribution is 2.34. The lowest BCUT2D eigenvalue weighted by Gasteiger charge is -2.35. The summed E-state index contributed by atoms with van der Waals surface area (Å²) in [4.78, 5) is 25.6. The topological polar surface area (TPSA) is 59.7 Å². The van der Waals surface area contributed by atoms with Crippen molar-refractivity contribution in [3.05, 3.63) is 71.6 Å². The van der Waals surface area contributed by atoms with Gasteiger partial charge in [-0.2, -0.15) is 0 Å². The second-order valence-corrected chi connectivity index (χ2v) is 8.20. The number of fused-ring (bicyclic) bond motifs is 1. The third-order valence-electron chi connectivity index (χ3n) is 5.60. The van der Waals surface area contributed by atoms with Gasteiger partial charge in [0.25, 0.3) is 5.91 Å². The molecule has 0 saturated carbocycles. The van der Waals surface area contributed by atoms with Crippen LogP contribution in [0.3, 0.4) is 0 Å². The van der Waals surface area contributed by atoms with Gasteiger partial charge in [0.05, 0.1) is 24.5 Å². The average Bonchev–Trinajstić information content (AvgIpc) is 3.40. The molecule has 4 aromatic rings. The predicted octanol–water partition coefficient (Wildman–Crippen LogP) is 4.83. The first-order valence-electron chi connectivity index (χ1n) is 10.1. The zero-order chi connectivity index (χ0) is 20.5. The number of likely N-dealkylation sites (tertiary alicyclic amines) is 1. The lowest BCUT2D eigenvalue weighted by atomic mass is 9.98. The Kier molecular flexibility index (Phi) is 4.96. The molecule has 0 N–H and O–H groups in total. The van der Waals surface area contributed by atoms with Gasteiger partial charge in [0.1, 0.15) is 11.4 Å². The van der Waals surface area contributed by atoms with Crippen LogP contribution in [0.5, 0.6) is 5.75 Å². The zero-order valence-electron chi connectivity index (χ0n) is 16.7. The molecule has 1 aromatic carbocycles. The number of amides is 1. The van der Waals surface area contributed by atoms with Gasteiger partial charge in [-0.15, -0.1) is 11.3 Å². The number of ether oxygens (including phenoxy) is 1. The van der Waals surface area contributed by atoms with Crippen LogP contribution in [0.15, 0.2) is 60.2 Å². The Bertz CT molecular complexity index is 1180. The van der Waals surface area contributed by atoms with Crippen molar-refractivity contribution in [2.24, 2.45) is 0 Å². The Hall–Kier alpha value is -3.19. The van der Waals surface area contributed by atoms with E-state index in [1.807, 2.05) is 63.3 Å². The van der Waals surface area contributed by atoms with Crippen molar-refractivity contribution >= 4 is 22.2 Å². The summed E-state index contributed by atoms with van der Waals surface area (Å²) in [5.41, 5.74) is 3.32. The molecule has 1 saturated heterocycles. The van der Waals surface area contributed by atoms with Gasteiger partial charge in [-0.3, -0.25) is 14.2 Å². The molecule has 5 rings (SSSR count). The summed E-state index contributed by atoms with van der Waals surface area (Å²) in [5, 5.41) is 1.90. The standard InChI is InChI=1S/C23H22N4O2S/c1-29-21-11-3-2-8-16(21)18-14-27-20(15-30-23(27)25-18)22(28)26-13-7-5-10-19(26)17-9-4-6-12-24-17/h2-4,6,8-9,11-12,14-15,19H,5,7,10,13H2,1H3/t19-/m0/s1. The van der Waals surface area contributed by atoms with E-state index in [9.17, 15) is 4.79 Å². The van der Waals surface area contributed by atoms with E-state index in [0.717, 1.165) is 53.5 Å². The third kappa shape index (κ3) is 3.25. The molecule has 7 heteroatoms. The summed E-state index contributed by atoms with van der Waals surface area (Å²) in [5.74, 6) is 0.794. The third-order valence-corrected chi connectivity index (χ3v) is 6.44. The fourth-order valence-electron chi connectivity index (χ4n) is 4.13. The predicted molar refractivity (Wildman–Crippen MR) is 117 cm³/mol. The van der Waals surface area contributed by atoms with Crippen LogP contribution in [0.4, 0.5) is 0 Å². The van der Waals surface area contributed by atoms with Crippen molar-refractivity contribution in [3.8, 4) is 17.0 Å². The molecule has 1 amide bonds. The summed E-state index contributed by atoms with van der Waals surface area (Å²) >= 11 is 1.48. The fraction of sp³-hybridized carbons (Fsp3) is 0.261. The van der Waals surface area contributed by atoms with E-state index in [2.05, 4.69) is 4.98 Å². The smallest absolute Gasteiger partial charge is 0.272 e. The van der Waals surface area contributed by atoms with E-state index in [4.69, 9.17) is 9.72 Å². The maximum atomic E-state index is 13.6.